The lowest BCUT2D eigenvalue weighted by Gasteiger charge is -2.24. The molecule has 0 saturated carbocycles. The van der Waals surface area contributed by atoms with Gasteiger partial charge in [-0.05, 0) is 61.9 Å². The van der Waals surface area contributed by atoms with Crippen molar-refractivity contribution in [3.8, 4) is 0 Å². The summed E-state index contributed by atoms with van der Waals surface area (Å²) in [6, 6.07) is 17.8. The lowest BCUT2D eigenvalue weighted by Crippen LogP contribution is -2.32. The molecule has 2 N–H and O–H groups in total. The summed E-state index contributed by atoms with van der Waals surface area (Å²) in [5.41, 5.74) is 1.83. The monoisotopic (exact) mass is 547 g/mol. The Balaban J connectivity index is 1.82. The number of hydrogen-bond acceptors (Lipinski definition) is 4. The summed E-state index contributed by atoms with van der Waals surface area (Å²) < 4.78 is 26.2. The van der Waals surface area contributed by atoms with E-state index in [2.05, 4.69) is 10.6 Å². The topological polar surface area (TPSA) is 95.6 Å². The van der Waals surface area contributed by atoms with Crippen molar-refractivity contribution < 1.29 is 18.0 Å². The molecule has 3 rings (SSSR count). The fourth-order valence-electron chi connectivity index (χ4n) is 3.39. The molecule has 0 radical (unpaired) electrons. The zero-order valence-corrected chi connectivity index (χ0v) is 22.4. The van der Waals surface area contributed by atoms with Crippen LogP contribution in [-0.2, 0) is 16.6 Å². The largest absolute Gasteiger partial charge is 0.350 e. The zero-order valence-electron chi connectivity index (χ0n) is 20.1. The highest BCUT2D eigenvalue weighted by molar-refractivity contribution is 7.92. The maximum absolute atomic E-state index is 12.9. The summed E-state index contributed by atoms with van der Waals surface area (Å²) in [6.07, 6.45) is 1.86. The third-order valence-electron chi connectivity index (χ3n) is 5.59. The Morgan fingerprint density at radius 2 is 1.53 bits per heavy atom. The molecule has 7 nitrogen and oxygen atoms in total. The van der Waals surface area contributed by atoms with Crippen LogP contribution in [-0.4, -0.2) is 32.5 Å². The number of rotatable bonds is 9. The molecule has 10 heteroatoms. The summed E-state index contributed by atoms with van der Waals surface area (Å²) in [7, 11) is -3.69. The minimum Gasteiger partial charge on any atom is -0.350 e. The molecule has 0 fully saturated rings. The van der Waals surface area contributed by atoms with Crippen molar-refractivity contribution in [2.75, 3.05) is 15.9 Å². The Labute approximate surface area is 221 Å². The van der Waals surface area contributed by atoms with Crippen LogP contribution in [0.4, 0.5) is 11.4 Å². The van der Waals surface area contributed by atoms with E-state index >= 15 is 0 Å². The van der Waals surface area contributed by atoms with Crippen molar-refractivity contribution in [3.63, 3.8) is 0 Å². The van der Waals surface area contributed by atoms with Crippen molar-refractivity contribution >= 4 is 56.4 Å². The molecular formula is C26H27Cl2N3O4S. The first-order chi connectivity index (χ1) is 17.0. The lowest BCUT2D eigenvalue weighted by molar-refractivity contribution is 0.0940. The highest BCUT2D eigenvalue weighted by Crippen LogP contribution is 2.29. The second-order valence-electron chi connectivity index (χ2n) is 8.30. The predicted octanol–water partition coefficient (Wildman–Crippen LogP) is 5.74. The number of anilines is 2. The SMILES string of the molecule is CC[C@H](C)NC(=O)c1ccccc1NC(=O)c1ccc(N(Cc2c(Cl)cccc2Cl)S(C)(=O)=O)cc1. The number of hydrogen-bond donors (Lipinski definition) is 2. The molecule has 190 valence electrons. The number of sulfonamides is 1. The third-order valence-corrected chi connectivity index (χ3v) is 7.44. The van der Waals surface area contributed by atoms with Crippen molar-refractivity contribution in [2.24, 2.45) is 0 Å². The molecule has 3 aromatic rings. The summed E-state index contributed by atoms with van der Waals surface area (Å²) in [6.45, 7) is 3.80. The smallest absolute Gasteiger partial charge is 0.255 e. The van der Waals surface area contributed by atoms with E-state index < -0.39 is 15.9 Å². The molecule has 1 atom stereocenters. The van der Waals surface area contributed by atoms with Gasteiger partial charge in [0.2, 0.25) is 10.0 Å². The molecular weight excluding hydrogens is 521 g/mol. The lowest BCUT2D eigenvalue weighted by atomic mass is 10.1. The molecule has 0 bridgehead atoms. The van der Waals surface area contributed by atoms with Crippen molar-refractivity contribution in [1.82, 2.24) is 5.32 Å². The van der Waals surface area contributed by atoms with Crippen molar-refractivity contribution in [2.45, 2.75) is 32.9 Å². The summed E-state index contributed by atoms with van der Waals surface area (Å²) in [5.74, 6) is -0.719. The number of amides is 2. The standard InChI is InChI=1S/C26H27Cl2N3O4S/c1-4-17(2)29-26(33)20-8-5-6-11-24(20)30-25(32)18-12-14-19(15-13-18)31(36(3,34)35)16-21-22(27)9-7-10-23(21)28/h5-15,17H,4,16H2,1-3H3,(H,29,33)(H,30,32)/t17-/m0/s1. The van der Waals surface area contributed by atoms with Gasteiger partial charge in [0.1, 0.15) is 0 Å². The van der Waals surface area contributed by atoms with Gasteiger partial charge in [-0.1, -0.05) is 48.3 Å². The van der Waals surface area contributed by atoms with Crippen LogP contribution in [0.3, 0.4) is 0 Å². The van der Waals surface area contributed by atoms with Gasteiger partial charge in [-0.2, -0.15) is 0 Å². The second-order valence-corrected chi connectivity index (χ2v) is 11.0. The normalized spacial score (nSPS) is 12.0. The number of carbonyl (C=O) groups is 2. The van der Waals surface area contributed by atoms with E-state index in [0.717, 1.165) is 17.0 Å². The predicted molar refractivity (Wildman–Crippen MR) is 146 cm³/mol. The third kappa shape index (κ3) is 6.78. The summed E-state index contributed by atoms with van der Waals surface area (Å²) in [4.78, 5) is 25.5. The first kappa shape index (κ1) is 27.5. The minimum absolute atomic E-state index is 0.00718. The Hall–Kier alpha value is -3.07. The molecule has 0 aliphatic carbocycles. The van der Waals surface area contributed by atoms with Gasteiger partial charge in [0.05, 0.1) is 29.7 Å². The summed E-state index contributed by atoms with van der Waals surface area (Å²) >= 11 is 12.5. The van der Waals surface area contributed by atoms with Crippen LogP contribution >= 0.6 is 23.2 Å². The Kier molecular flexibility index (Phi) is 9.00. The molecule has 2 amide bonds. The number of halogens is 2. The summed E-state index contributed by atoms with van der Waals surface area (Å²) in [5, 5.41) is 6.36. The fourth-order valence-corrected chi connectivity index (χ4v) is 4.78. The molecule has 0 spiro atoms. The molecule has 36 heavy (non-hydrogen) atoms. The Morgan fingerprint density at radius 3 is 2.11 bits per heavy atom. The highest BCUT2D eigenvalue weighted by atomic mass is 35.5. The van der Waals surface area contributed by atoms with Gasteiger partial charge in [0.25, 0.3) is 11.8 Å². The van der Waals surface area contributed by atoms with Crippen LogP contribution < -0.4 is 14.9 Å². The quantitative estimate of drug-likeness (QED) is 0.357. The van der Waals surface area contributed by atoms with Crippen molar-refractivity contribution in [3.05, 3.63) is 93.5 Å². The van der Waals surface area contributed by atoms with E-state index in [1.165, 1.54) is 24.3 Å². The zero-order chi connectivity index (χ0) is 26.5. The van der Waals surface area contributed by atoms with Crippen LogP contribution in [0.25, 0.3) is 0 Å². The van der Waals surface area contributed by atoms with Crippen LogP contribution in [0.1, 0.15) is 46.5 Å². The number of para-hydroxylation sites is 1. The van der Waals surface area contributed by atoms with Gasteiger partial charge in [0.15, 0.2) is 0 Å². The molecule has 0 aliphatic heterocycles. The van der Waals surface area contributed by atoms with Crippen molar-refractivity contribution in [1.29, 1.82) is 0 Å². The van der Waals surface area contributed by atoms with E-state index in [1.54, 1.807) is 42.5 Å². The first-order valence-electron chi connectivity index (χ1n) is 11.2. The molecule has 0 aliphatic rings. The van der Waals surface area contributed by atoms with Gasteiger partial charge >= 0.3 is 0 Å². The Morgan fingerprint density at radius 1 is 0.917 bits per heavy atom. The van der Waals surface area contributed by atoms with Gasteiger partial charge < -0.3 is 10.6 Å². The van der Waals surface area contributed by atoms with E-state index in [4.69, 9.17) is 23.2 Å². The number of carbonyl (C=O) groups excluding carboxylic acids is 2. The average molecular weight is 548 g/mol. The fraction of sp³-hybridized carbons (Fsp3) is 0.231. The molecule has 0 unspecified atom stereocenters. The Bertz CT molecular complexity index is 1340. The molecule has 0 heterocycles. The maximum Gasteiger partial charge on any atom is 0.255 e. The van der Waals surface area contributed by atoms with Crippen LogP contribution in [0.5, 0.6) is 0 Å². The van der Waals surface area contributed by atoms with E-state index in [-0.39, 0.29) is 18.5 Å². The van der Waals surface area contributed by atoms with E-state index in [9.17, 15) is 18.0 Å². The van der Waals surface area contributed by atoms with Crippen LogP contribution in [0, 0.1) is 0 Å². The van der Waals surface area contributed by atoms with Crippen LogP contribution in [0.15, 0.2) is 66.7 Å². The number of benzene rings is 3. The number of nitrogens with zero attached hydrogens (tertiary/aromatic N) is 1. The highest BCUT2D eigenvalue weighted by Gasteiger charge is 2.21. The minimum atomic E-state index is -3.69. The average Bonchev–Trinajstić information content (AvgIpc) is 2.83. The molecule has 0 saturated heterocycles. The van der Waals surface area contributed by atoms with E-state index in [1.807, 2.05) is 13.8 Å². The van der Waals surface area contributed by atoms with Gasteiger partial charge in [-0.25, -0.2) is 8.42 Å². The van der Waals surface area contributed by atoms with Gasteiger partial charge in [-0.3, -0.25) is 13.9 Å². The first-order valence-corrected chi connectivity index (χ1v) is 13.8. The van der Waals surface area contributed by atoms with E-state index in [0.29, 0.717) is 38.1 Å². The number of nitrogens with one attached hydrogen (secondary N) is 2. The molecule has 3 aromatic carbocycles. The van der Waals surface area contributed by atoms with Gasteiger partial charge in [-0.15, -0.1) is 0 Å². The van der Waals surface area contributed by atoms with Gasteiger partial charge in [0, 0.05) is 27.2 Å². The molecule has 0 aromatic heterocycles. The second kappa shape index (κ2) is 11.8. The maximum atomic E-state index is 12.9. The van der Waals surface area contributed by atoms with Crippen LogP contribution in [0.2, 0.25) is 10.0 Å².